The molecule has 1 aromatic heterocycles. The molecule has 2 heterocycles. The Morgan fingerprint density at radius 3 is 2.59 bits per heavy atom. The summed E-state index contributed by atoms with van der Waals surface area (Å²) in [5, 5.41) is 3.26. The lowest BCUT2D eigenvalue weighted by molar-refractivity contribution is 0.0919. The van der Waals surface area contributed by atoms with E-state index in [1.807, 2.05) is 0 Å². The maximum atomic E-state index is 12.7. The lowest BCUT2D eigenvalue weighted by Gasteiger charge is -2.38. The van der Waals surface area contributed by atoms with Crippen LogP contribution in [0, 0.1) is 5.92 Å². The second kappa shape index (κ2) is 7.19. The number of nitrogens with one attached hydrogen (secondary N) is 1. The first-order chi connectivity index (χ1) is 13.0. The largest absolute Gasteiger partial charge is 0.493 e. The van der Waals surface area contributed by atoms with Crippen LogP contribution < -0.4 is 14.8 Å². The highest BCUT2D eigenvalue weighted by molar-refractivity contribution is 7.14. The molecule has 1 N–H and O–H groups in total. The van der Waals surface area contributed by atoms with Gasteiger partial charge < -0.3 is 14.8 Å². The van der Waals surface area contributed by atoms with E-state index in [1.165, 1.54) is 21.6 Å². The molecule has 0 unspecified atom stereocenters. The van der Waals surface area contributed by atoms with Crippen molar-refractivity contribution in [2.45, 2.75) is 51.5 Å². The van der Waals surface area contributed by atoms with Gasteiger partial charge in [-0.05, 0) is 66.5 Å². The third-order valence-corrected chi connectivity index (χ3v) is 6.95. The minimum Gasteiger partial charge on any atom is -0.493 e. The van der Waals surface area contributed by atoms with Crippen molar-refractivity contribution in [2.24, 2.45) is 5.92 Å². The first kappa shape index (κ1) is 18.4. The predicted octanol–water partition coefficient (Wildman–Crippen LogP) is 4.54. The Balaban J connectivity index is 1.78. The summed E-state index contributed by atoms with van der Waals surface area (Å²) in [7, 11) is 3.35. The minimum atomic E-state index is 0.0935. The molecule has 0 fully saturated rings. The lowest BCUT2D eigenvalue weighted by atomic mass is 9.73. The van der Waals surface area contributed by atoms with E-state index in [2.05, 4.69) is 37.4 Å². The number of thiophene rings is 1. The summed E-state index contributed by atoms with van der Waals surface area (Å²) in [4.78, 5) is 14.9. The smallest absolute Gasteiger partial charge is 0.261 e. The van der Waals surface area contributed by atoms with Crippen molar-refractivity contribution in [3.05, 3.63) is 44.6 Å². The molecule has 2 atom stereocenters. The Hall–Kier alpha value is -2.01. The van der Waals surface area contributed by atoms with E-state index in [-0.39, 0.29) is 17.9 Å². The molecule has 1 amide bonds. The first-order valence-corrected chi connectivity index (χ1v) is 10.5. The van der Waals surface area contributed by atoms with Gasteiger partial charge in [0.25, 0.3) is 5.91 Å². The highest BCUT2D eigenvalue weighted by atomic mass is 32.1. The number of rotatable bonds is 5. The van der Waals surface area contributed by atoms with Gasteiger partial charge >= 0.3 is 0 Å². The van der Waals surface area contributed by atoms with Gasteiger partial charge in [-0.15, -0.1) is 11.3 Å². The number of carbonyl (C=O) groups excluding carboxylic acids is 1. The predicted molar refractivity (Wildman–Crippen MR) is 108 cm³/mol. The highest BCUT2D eigenvalue weighted by Crippen LogP contribution is 2.46. The molecule has 0 saturated carbocycles. The van der Waals surface area contributed by atoms with E-state index >= 15 is 0 Å². The van der Waals surface area contributed by atoms with Gasteiger partial charge in [0.05, 0.1) is 19.1 Å². The number of hydrogen-bond acceptors (Lipinski definition) is 4. The third kappa shape index (κ3) is 3.22. The van der Waals surface area contributed by atoms with E-state index in [9.17, 15) is 4.79 Å². The van der Waals surface area contributed by atoms with Crippen molar-refractivity contribution < 1.29 is 14.3 Å². The van der Waals surface area contributed by atoms with Crippen LogP contribution in [0.25, 0.3) is 0 Å². The molecule has 2 aromatic rings. The van der Waals surface area contributed by atoms with Gasteiger partial charge in [0, 0.05) is 16.8 Å². The monoisotopic (exact) mass is 385 g/mol. The van der Waals surface area contributed by atoms with Gasteiger partial charge in [-0.1, -0.05) is 13.8 Å². The molecule has 0 bridgehead atoms. The Labute approximate surface area is 164 Å². The number of aryl methyl sites for hydroxylation is 2. The van der Waals surface area contributed by atoms with Crippen LogP contribution in [0.4, 0.5) is 0 Å². The number of fused-ring (bicyclic) bond motifs is 5. The second-order valence-electron chi connectivity index (χ2n) is 7.93. The Morgan fingerprint density at radius 1 is 1.15 bits per heavy atom. The maximum Gasteiger partial charge on any atom is 0.261 e. The summed E-state index contributed by atoms with van der Waals surface area (Å²) in [6, 6.07) is 6.65. The van der Waals surface area contributed by atoms with Crippen LogP contribution in [-0.2, 0) is 12.8 Å². The van der Waals surface area contributed by atoms with Crippen molar-refractivity contribution in [3.8, 4) is 11.5 Å². The number of amides is 1. The highest BCUT2D eigenvalue weighted by Gasteiger charge is 2.40. The molecule has 0 radical (unpaired) electrons. The zero-order valence-corrected chi connectivity index (χ0v) is 17.2. The molecule has 144 valence electrons. The summed E-state index contributed by atoms with van der Waals surface area (Å²) >= 11 is 1.67. The average molecular weight is 386 g/mol. The molecular weight excluding hydrogens is 358 g/mol. The van der Waals surface area contributed by atoms with Crippen LogP contribution >= 0.6 is 11.3 Å². The van der Waals surface area contributed by atoms with E-state index in [1.54, 1.807) is 25.6 Å². The van der Waals surface area contributed by atoms with E-state index in [0.717, 1.165) is 42.1 Å². The number of hydrogen-bond donors (Lipinski definition) is 1. The Morgan fingerprint density at radius 2 is 1.89 bits per heavy atom. The van der Waals surface area contributed by atoms with E-state index in [0.29, 0.717) is 5.92 Å². The van der Waals surface area contributed by atoms with Gasteiger partial charge in [0.1, 0.15) is 0 Å². The van der Waals surface area contributed by atoms with Crippen LogP contribution in [0.3, 0.4) is 0 Å². The van der Waals surface area contributed by atoms with Gasteiger partial charge in [-0.3, -0.25) is 4.79 Å². The molecule has 0 spiro atoms. The van der Waals surface area contributed by atoms with Crippen LogP contribution in [0.2, 0.25) is 0 Å². The van der Waals surface area contributed by atoms with Crippen molar-refractivity contribution in [1.29, 1.82) is 0 Å². The number of methoxy groups -OCH3 is 2. The zero-order chi connectivity index (χ0) is 19.1. The SMILES string of the molecule is COc1cc2c(cc1OC)[C@@H]1c3cc(CCC(C)C)sc3C(=O)N[C@H]1CC2. The fraction of sp³-hybridized carbons (Fsp3) is 0.500. The molecule has 0 saturated heterocycles. The molecular formula is C22H27NO3S. The fourth-order valence-electron chi connectivity index (χ4n) is 4.33. The second-order valence-corrected chi connectivity index (χ2v) is 9.07. The zero-order valence-electron chi connectivity index (χ0n) is 16.4. The van der Waals surface area contributed by atoms with Crippen LogP contribution in [0.1, 0.15) is 63.8 Å². The summed E-state index contributed by atoms with van der Waals surface area (Å²) in [5.41, 5.74) is 3.75. The summed E-state index contributed by atoms with van der Waals surface area (Å²) < 4.78 is 11.0. The van der Waals surface area contributed by atoms with Crippen LogP contribution in [-0.4, -0.2) is 26.2 Å². The van der Waals surface area contributed by atoms with Gasteiger partial charge in [-0.2, -0.15) is 0 Å². The van der Waals surface area contributed by atoms with Gasteiger partial charge in [-0.25, -0.2) is 0 Å². The topological polar surface area (TPSA) is 47.6 Å². The molecule has 4 rings (SSSR count). The molecule has 27 heavy (non-hydrogen) atoms. The van der Waals surface area contributed by atoms with Crippen LogP contribution in [0.15, 0.2) is 18.2 Å². The third-order valence-electron chi connectivity index (χ3n) is 5.75. The molecule has 1 aliphatic carbocycles. The van der Waals surface area contributed by atoms with E-state index < -0.39 is 0 Å². The van der Waals surface area contributed by atoms with Crippen molar-refractivity contribution >= 4 is 17.2 Å². The maximum absolute atomic E-state index is 12.7. The Kier molecular flexibility index (Phi) is 4.89. The summed E-state index contributed by atoms with van der Waals surface area (Å²) in [6.45, 7) is 4.49. The summed E-state index contributed by atoms with van der Waals surface area (Å²) in [6.07, 6.45) is 4.09. The number of carbonyl (C=O) groups is 1. The molecule has 1 aliphatic heterocycles. The number of benzene rings is 1. The minimum absolute atomic E-state index is 0.0935. The van der Waals surface area contributed by atoms with Crippen LogP contribution in [0.5, 0.6) is 11.5 Å². The van der Waals surface area contributed by atoms with Gasteiger partial charge in [0.15, 0.2) is 11.5 Å². The fourth-order valence-corrected chi connectivity index (χ4v) is 5.46. The normalized spacial score (nSPS) is 20.6. The molecule has 4 nitrogen and oxygen atoms in total. The molecule has 5 heteroatoms. The van der Waals surface area contributed by atoms with Crippen molar-refractivity contribution in [3.63, 3.8) is 0 Å². The first-order valence-electron chi connectivity index (χ1n) is 9.70. The van der Waals surface area contributed by atoms with Crippen molar-refractivity contribution in [2.75, 3.05) is 14.2 Å². The van der Waals surface area contributed by atoms with E-state index in [4.69, 9.17) is 9.47 Å². The quantitative estimate of drug-likeness (QED) is 0.822. The van der Waals surface area contributed by atoms with Crippen molar-refractivity contribution in [1.82, 2.24) is 5.32 Å². The molecule has 1 aromatic carbocycles. The lowest BCUT2D eigenvalue weighted by Crippen LogP contribution is -2.46. The van der Waals surface area contributed by atoms with Gasteiger partial charge in [0.2, 0.25) is 0 Å². The molecule has 2 aliphatic rings. The Bertz CT molecular complexity index is 871. The number of ether oxygens (including phenoxy) is 2. The standard InChI is InChI=1S/C22H27NO3S/c1-12(2)5-7-14-10-16-20-15-11-19(26-4)18(25-3)9-13(15)6-8-17(20)23-22(24)21(16)27-14/h9-12,17,20H,5-8H2,1-4H3,(H,23,24)/t17-,20+/m0/s1. The average Bonchev–Trinajstić information content (AvgIpc) is 3.09. The summed E-state index contributed by atoms with van der Waals surface area (Å²) in [5.74, 6) is 2.49.